The predicted octanol–water partition coefficient (Wildman–Crippen LogP) is 13.1. The molecule has 8 aromatic carbocycles. The first-order valence-corrected chi connectivity index (χ1v) is 21.2. The van der Waals surface area contributed by atoms with E-state index in [0.29, 0.717) is 0 Å². The van der Waals surface area contributed by atoms with Crippen molar-refractivity contribution in [2.45, 2.75) is 38.5 Å². The van der Waals surface area contributed by atoms with Crippen LogP contribution in [0.5, 0.6) is 0 Å². The number of hydrogen-bond acceptors (Lipinski definition) is 3. The van der Waals surface area contributed by atoms with E-state index in [1.165, 1.54) is 89.1 Å². The second kappa shape index (κ2) is 11.8. The third-order valence-electron chi connectivity index (χ3n) is 13.8. The predicted molar refractivity (Wildman–Crippen MR) is 250 cm³/mol. The summed E-state index contributed by atoms with van der Waals surface area (Å²) in [7, 11) is 0. The van der Waals surface area contributed by atoms with Crippen molar-refractivity contribution in [1.82, 2.24) is 0 Å². The van der Waals surface area contributed by atoms with E-state index >= 15 is 0 Å². The second-order valence-corrected chi connectivity index (χ2v) is 18.1. The van der Waals surface area contributed by atoms with Crippen molar-refractivity contribution in [3.05, 3.63) is 209 Å². The minimum Gasteiger partial charge on any atom is -0.440 e. The molecule has 0 radical (unpaired) electrons. The molecule has 4 heteroatoms. The topological polar surface area (TPSA) is 19.6 Å². The van der Waals surface area contributed by atoms with Gasteiger partial charge in [-0.1, -0.05) is 166 Å². The lowest BCUT2D eigenvalue weighted by Crippen LogP contribution is -2.63. The smallest absolute Gasteiger partial charge is 0.337 e. The van der Waals surface area contributed by atoms with Gasteiger partial charge in [0.15, 0.2) is 0 Å². The molecule has 0 fully saturated rings. The Labute approximate surface area is 351 Å². The van der Waals surface area contributed by atoms with Crippen molar-refractivity contribution in [1.29, 1.82) is 0 Å². The number of benzene rings is 8. The molecule has 0 bridgehead atoms. The second-order valence-electron chi connectivity index (χ2n) is 18.1. The Balaban J connectivity index is 1.17. The van der Waals surface area contributed by atoms with E-state index in [1.54, 1.807) is 0 Å². The van der Waals surface area contributed by atoms with Crippen LogP contribution in [0, 0.1) is 6.92 Å². The van der Waals surface area contributed by atoms with Gasteiger partial charge in [0.1, 0.15) is 5.58 Å². The quantitative estimate of drug-likeness (QED) is 0.163. The summed E-state index contributed by atoms with van der Waals surface area (Å²) in [6, 6.07) is 65.9. The first-order chi connectivity index (χ1) is 29.3. The number of nitrogens with zero attached hydrogens (tertiary/aromatic N) is 2. The lowest BCUT2D eigenvalue weighted by atomic mass is 9.42. The molecule has 4 heterocycles. The molecule has 13 rings (SSSR count). The molecule has 0 amide bonds. The zero-order valence-corrected chi connectivity index (χ0v) is 34.1. The van der Waals surface area contributed by atoms with Crippen molar-refractivity contribution in [2.24, 2.45) is 0 Å². The normalized spacial score (nSPS) is 14.7. The number of furan rings is 1. The third-order valence-corrected chi connectivity index (χ3v) is 13.8. The van der Waals surface area contributed by atoms with Crippen LogP contribution in [0.1, 0.15) is 54.2 Å². The van der Waals surface area contributed by atoms with E-state index in [-0.39, 0.29) is 12.3 Å². The Morgan fingerprint density at radius 2 is 1.15 bits per heavy atom. The van der Waals surface area contributed by atoms with Crippen LogP contribution in [0.15, 0.2) is 180 Å². The summed E-state index contributed by atoms with van der Waals surface area (Å²) in [5, 5.41) is 1.14. The Kier molecular flexibility index (Phi) is 6.66. The molecule has 3 aliphatic heterocycles. The van der Waals surface area contributed by atoms with E-state index in [1.807, 2.05) is 0 Å². The molecule has 4 aliphatic rings. The van der Waals surface area contributed by atoms with Gasteiger partial charge < -0.3 is 9.23 Å². The molecular formula is C56H41BN2O. The summed E-state index contributed by atoms with van der Waals surface area (Å²) >= 11 is 0. The van der Waals surface area contributed by atoms with Gasteiger partial charge in [-0.3, -0.25) is 4.90 Å². The van der Waals surface area contributed by atoms with Crippen LogP contribution in [-0.2, 0) is 10.8 Å². The minimum absolute atomic E-state index is 0.0249. The van der Waals surface area contributed by atoms with Gasteiger partial charge in [-0.15, -0.1) is 0 Å². The Morgan fingerprint density at radius 3 is 1.92 bits per heavy atom. The standard InChI is InChI=1S/C56H41BN2O/c1-34-31-42-39-22-16-26-46-53(39)59(48-27-14-13-25-45(48)56(46)43-23-11-8-19-37(43)38-20-9-12-24-44(38)56)57-51(42)49(32-34)58(54-52(57)40-21-10-15-28-50(40)60-54)47-30-29-36(55(2,3)4)33-41(47)35-17-6-5-7-18-35/h5-33H,1-4H3. The SMILES string of the molecule is Cc1cc2c3c(c1)N(c1ccc(C(C)(C)C)cc1-c1ccccc1)c1oc4ccccc4c1B3N1c3ccccc3C3(c4ccccc4-c4ccccc43)c3cccc-2c31. The van der Waals surface area contributed by atoms with E-state index in [2.05, 4.69) is 213 Å². The molecule has 1 aromatic heterocycles. The fourth-order valence-corrected chi connectivity index (χ4v) is 11.4. The van der Waals surface area contributed by atoms with E-state index in [0.717, 1.165) is 28.2 Å². The number of fused-ring (bicyclic) bond motifs is 15. The number of rotatable bonds is 2. The highest BCUT2D eigenvalue weighted by molar-refractivity contribution is 6.95. The van der Waals surface area contributed by atoms with Gasteiger partial charge in [-0.2, -0.15) is 0 Å². The fourth-order valence-electron chi connectivity index (χ4n) is 11.4. The van der Waals surface area contributed by atoms with Gasteiger partial charge >= 0.3 is 6.85 Å². The summed E-state index contributed by atoms with van der Waals surface area (Å²) in [6.45, 7) is 8.99. The largest absolute Gasteiger partial charge is 0.440 e. The van der Waals surface area contributed by atoms with E-state index in [9.17, 15) is 0 Å². The average molecular weight is 769 g/mol. The number of anilines is 5. The average Bonchev–Trinajstić information content (AvgIpc) is 3.80. The fraction of sp³-hybridized carbons (Fsp3) is 0.107. The highest BCUT2D eigenvalue weighted by Crippen LogP contribution is 2.65. The van der Waals surface area contributed by atoms with Gasteiger partial charge in [0.25, 0.3) is 0 Å². The summed E-state index contributed by atoms with van der Waals surface area (Å²) in [5.74, 6) is 0.876. The zero-order chi connectivity index (χ0) is 40.1. The highest BCUT2D eigenvalue weighted by atomic mass is 16.4. The van der Waals surface area contributed by atoms with Gasteiger partial charge in [0.05, 0.1) is 11.1 Å². The molecule has 0 N–H and O–H groups in total. The number of hydrogen-bond donors (Lipinski definition) is 0. The molecular weight excluding hydrogens is 727 g/mol. The highest BCUT2D eigenvalue weighted by Gasteiger charge is 2.57. The van der Waals surface area contributed by atoms with Crippen molar-refractivity contribution in [2.75, 3.05) is 9.71 Å². The van der Waals surface area contributed by atoms with Gasteiger partial charge in [-0.25, -0.2) is 0 Å². The monoisotopic (exact) mass is 768 g/mol. The summed E-state index contributed by atoms with van der Waals surface area (Å²) in [5.41, 5.74) is 23.0. The van der Waals surface area contributed by atoms with Crippen LogP contribution in [0.3, 0.4) is 0 Å². The van der Waals surface area contributed by atoms with Crippen LogP contribution >= 0.6 is 0 Å². The molecule has 9 aromatic rings. The van der Waals surface area contributed by atoms with Crippen molar-refractivity contribution in [3.8, 4) is 33.4 Å². The van der Waals surface area contributed by atoms with Crippen LogP contribution < -0.4 is 20.6 Å². The lowest BCUT2D eigenvalue weighted by Gasteiger charge is -2.51. The molecule has 0 saturated carbocycles. The molecule has 0 unspecified atom stereocenters. The molecule has 60 heavy (non-hydrogen) atoms. The number of aryl methyl sites for hydroxylation is 1. The zero-order valence-electron chi connectivity index (χ0n) is 34.1. The van der Waals surface area contributed by atoms with Crippen LogP contribution in [-0.4, -0.2) is 6.85 Å². The van der Waals surface area contributed by atoms with Crippen LogP contribution in [0.25, 0.3) is 44.3 Å². The summed E-state index contributed by atoms with van der Waals surface area (Å²) < 4.78 is 7.24. The first kappa shape index (κ1) is 33.9. The van der Waals surface area contributed by atoms with Crippen molar-refractivity contribution >= 4 is 57.4 Å². The Hall–Kier alpha value is -7.04. The van der Waals surface area contributed by atoms with Crippen molar-refractivity contribution < 1.29 is 4.42 Å². The third kappa shape index (κ3) is 4.20. The summed E-state index contributed by atoms with van der Waals surface area (Å²) in [4.78, 5) is 5.14. The molecule has 0 saturated heterocycles. The molecule has 0 atom stereocenters. The maximum absolute atomic E-state index is 7.24. The Bertz CT molecular complexity index is 3250. The maximum atomic E-state index is 7.24. The summed E-state index contributed by atoms with van der Waals surface area (Å²) in [6.07, 6.45) is 0. The Morgan fingerprint density at radius 1 is 0.500 bits per heavy atom. The van der Waals surface area contributed by atoms with Gasteiger partial charge in [0, 0.05) is 39.0 Å². The molecule has 1 aliphatic carbocycles. The van der Waals surface area contributed by atoms with Crippen LogP contribution in [0.4, 0.5) is 28.6 Å². The van der Waals surface area contributed by atoms with Crippen molar-refractivity contribution in [3.63, 3.8) is 0 Å². The van der Waals surface area contributed by atoms with Crippen LogP contribution in [0.2, 0.25) is 0 Å². The minimum atomic E-state index is -0.489. The molecule has 284 valence electrons. The maximum Gasteiger partial charge on any atom is 0.337 e. The van der Waals surface area contributed by atoms with E-state index in [4.69, 9.17) is 4.42 Å². The molecule has 3 nitrogen and oxygen atoms in total. The lowest BCUT2D eigenvalue weighted by molar-refractivity contribution is 0.590. The van der Waals surface area contributed by atoms with Gasteiger partial charge in [-0.05, 0) is 104 Å². The van der Waals surface area contributed by atoms with E-state index < -0.39 is 5.41 Å². The first-order valence-electron chi connectivity index (χ1n) is 21.2. The number of para-hydroxylation sites is 3. The van der Waals surface area contributed by atoms with Gasteiger partial charge in [0.2, 0.25) is 5.88 Å². The molecule has 1 spiro atoms.